The van der Waals surface area contributed by atoms with Crippen LogP contribution >= 0.6 is 0 Å². The van der Waals surface area contributed by atoms with Gasteiger partial charge in [0.25, 0.3) is 5.91 Å². The topological polar surface area (TPSA) is 157 Å². The number of benzene rings is 1. The van der Waals surface area contributed by atoms with Gasteiger partial charge in [-0.05, 0) is 37.1 Å². The summed E-state index contributed by atoms with van der Waals surface area (Å²) in [6.45, 7) is 2.85. The largest absolute Gasteiger partial charge is 0.378 e. The molecule has 2 fully saturated rings. The van der Waals surface area contributed by atoms with E-state index < -0.39 is 5.91 Å². The summed E-state index contributed by atoms with van der Waals surface area (Å²) in [7, 11) is 0. The molecule has 2 atom stereocenters. The smallest absolute Gasteiger partial charge is 0.271 e. The second-order valence-electron chi connectivity index (χ2n) is 9.08. The summed E-state index contributed by atoms with van der Waals surface area (Å²) in [4.78, 5) is 32.2. The number of nitrogens with one attached hydrogen (secondary N) is 2. The van der Waals surface area contributed by atoms with Crippen LogP contribution in [0.25, 0.3) is 11.4 Å². The standard InChI is InChI=1S/C25H31N9O2/c26-19-4-1-2-5-20(19)32-21-15-30-22(23(27)35)25(33-21)31-17-12-16(24-28-6-3-7-29-24)13-18(14-17)34-8-10-36-11-9-34/h3,6-7,12-15,19-20H,1-2,4-5,8-11,26H2,(H2,27,35)(H2,31,32,33)/t19-,20+/m0/s1. The fraction of sp³-hybridized carbons (Fsp3) is 0.400. The fourth-order valence-corrected chi connectivity index (χ4v) is 4.66. The van der Waals surface area contributed by atoms with Gasteiger partial charge in [-0.1, -0.05) is 12.8 Å². The van der Waals surface area contributed by atoms with Crippen LogP contribution in [0.1, 0.15) is 36.2 Å². The number of hydrogen-bond donors (Lipinski definition) is 4. The summed E-state index contributed by atoms with van der Waals surface area (Å²) in [6.07, 6.45) is 9.12. The molecule has 1 aromatic carbocycles. The molecule has 3 aromatic rings. The molecule has 0 unspecified atom stereocenters. The van der Waals surface area contributed by atoms with Crippen molar-refractivity contribution in [2.45, 2.75) is 37.8 Å². The van der Waals surface area contributed by atoms with E-state index in [1.807, 2.05) is 12.1 Å². The number of aromatic nitrogens is 4. The molecule has 1 saturated heterocycles. The highest BCUT2D eigenvalue weighted by Gasteiger charge is 2.23. The summed E-state index contributed by atoms with van der Waals surface area (Å²) in [5, 5.41) is 6.66. The second-order valence-corrected chi connectivity index (χ2v) is 9.08. The number of nitrogens with zero attached hydrogens (tertiary/aromatic N) is 5. The van der Waals surface area contributed by atoms with Crippen LogP contribution in [0, 0.1) is 0 Å². The van der Waals surface area contributed by atoms with E-state index in [-0.39, 0.29) is 23.6 Å². The monoisotopic (exact) mass is 489 g/mol. The second kappa shape index (κ2) is 10.8. The predicted molar refractivity (Wildman–Crippen MR) is 138 cm³/mol. The Morgan fingerprint density at radius 2 is 1.83 bits per heavy atom. The number of hydrogen-bond acceptors (Lipinski definition) is 10. The molecule has 0 bridgehead atoms. The number of carbonyl (C=O) groups excluding carboxylic acids is 1. The Morgan fingerprint density at radius 3 is 2.58 bits per heavy atom. The first-order chi connectivity index (χ1) is 17.6. The minimum Gasteiger partial charge on any atom is -0.378 e. The van der Waals surface area contributed by atoms with Gasteiger partial charge in [-0.15, -0.1) is 0 Å². The zero-order valence-electron chi connectivity index (χ0n) is 20.1. The number of anilines is 4. The summed E-state index contributed by atoms with van der Waals surface area (Å²) >= 11 is 0. The van der Waals surface area contributed by atoms with Gasteiger partial charge in [0.15, 0.2) is 17.3 Å². The van der Waals surface area contributed by atoms with Crippen molar-refractivity contribution in [1.29, 1.82) is 0 Å². The van der Waals surface area contributed by atoms with Crippen molar-refractivity contribution in [1.82, 2.24) is 19.9 Å². The molecule has 2 aromatic heterocycles. The molecule has 0 radical (unpaired) electrons. The van der Waals surface area contributed by atoms with Gasteiger partial charge >= 0.3 is 0 Å². The van der Waals surface area contributed by atoms with E-state index in [4.69, 9.17) is 16.2 Å². The minimum atomic E-state index is -0.665. The molecule has 6 N–H and O–H groups in total. The number of amides is 1. The molecule has 5 rings (SSSR count). The summed E-state index contributed by atoms with van der Waals surface area (Å²) in [5.74, 6) is 0.747. The lowest BCUT2D eigenvalue weighted by Crippen LogP contribution is -2.42. The van der Waals surface area contributed by atoms with Crippen molar-refractivity contribution in [2.75, 3.05) is 41.8 Å². The third-order valence-corrected chi connectivity index (χ3v) is 6.54. The molecule has 1 aliphatic heterocycles. The van der Waals surface area contributed by atoms with E-state index in [2.05, 4.69) is 41.5 Å². The number of carbonyl (C=O) groups is 1. The van der Waals surface area contributed by atoms with Crippen LogP contribution in [0.2, 0.25) is 0 Å². The van der Waals surface area contributed by atoms with Gasteiger partial charge in [0.05, 0.1) is 19.4 Å². The minimum absolute atomic E-state index is 0.0476. The number of primary amides is 1. The predicted octanol–water partition coefficient (Wildman–Crippen LogP) is 2.29. The lowest BCUT2D eigenvalue weighted by atomic mass is 9.91. The molecule has 3 heterocycles. The SMILES string of the molecule is NC(=O)c1ncc(N[C@@H]2CCCC[C@@H]2N)nc1Nc1cc(-c2ncccn2)cc(N2CCOCC2)c1. The van der Waals surface area contributed by atoms with Gasteiger partial charge in [-0.25, -0.2) is 19.9 Å². The van der Waals surface area contributed by atoms with Crippen LogP contribution < -0.4 is 27.0 Å². The Balaban J connectivity index is 1.49. The Morgan fingerprint density at radius 1 is 1.06 bits per heavy atom. The normalized spacial score (nSPS) is 20.1. The van der Waals surface area contributed by atoms with Crippen molar-refractivity contribution in [3.63, 3.8) is 0 Å². The van der Waals surface area contributed by atoms with E-state index in [9.17, 15) is 4.79 Å². The molecule has 0 spiro atoms. The average molecular weight is 490 g/mol. The zero-order valence-corrected chi connectivity index (χ0v) is 20.1. The first kappa shape index (κ1) is 23.9. The molecule has 188 valence electrons. The summed E-state index contributed by atoms with van der Waals surface area (Å²) in [5.41, 5.74) is 14.5. The third-order valence-electron chi connectivity index (χ3n) is 6.54. The lowest BCUT2D eigenvalue weighted by molar-refractivity contribution is 0.0996. The van der Waals surface area contributed by atoms with E-state index in [1.165, 1.54) is 6.20 Å². The first-order valence-electron chi connectivity index (χ1n) is 12.3. The highest BCUT2D eigenvalue weighted by atomic mass is 16.5. The van der Waals surface area contributed by atoms with Gasteiger partial charge in [0.2, 0.25) is 0 Å². The molecule has 36 heavy (non-hydrogen) atoms. The molecule has 2 aliphatic rings. The molecular weight excluding hydrogens is 458 g/mol. The highest BCUT2D eigenvalue weighted by molar-refractivity contribution is 5.96. The maximum Gasteiger partial charge on any atom is 0.271 e. The molecule has 1 aliphatic carbocycles. The van der Waals surface area contributed by atoms with Gasteiger partial charge in [0.1, 0.15) is 5.82 Å². The van der Waals surface area contributed by atoms with Crippen molar-refractivity contribution in [2.24, 2.45) is 11.5 Å². The fourth-order valence-electron chi connectivity index (χ4n) is 4.66. The van der Waals surface area contributed by atoms with Crippen LogP contribution in [0.3, 0.4) is 0 Å². The lowest BCUT2D eigenvalue weighted by Gasteiger charge is -2.30. The quantitative estimate of drug-likeness (QED) is 0.388. The van der Waals surface area contributed by atoms with Crippen molar-refractivity contribution >= 4 is 28.9 Å². The van der Waals surface area contributed by atoms with Crippen LogP contribution in [-0.2, 0) is 4.74 Å². The van der Waals surface area contributed by atoms with Gasteiger partial charge in [-0.3, -0.25) is 4.79 Å². The average Bonchev–Trinajstić information content (AvgIpc) is 2.91. The molecule has 11 nitrogen and oxygen atoms in total. The van der Waals surface area contributed by atoms with E-state index in [0.717, 1.165) is 50.0 Å². The van der Waals surface area contributed by atoms with E-state index in [0.29, 0.717) is 30.5 Å². The first-order valence-corrected chi connectivity index (χ1v) is 12.3. The Hall–Kier alpha value is -3.83. The maximum atomic E-state index is 12.2. The molecular formula is C25H31N9O2. The zero-order chi connectivity index (χ0) is 24.9. The van der Waals surface area contributed by atoms with Crippen LogP contribution in [-0.4, -0.2) is 64.2 Å². The number of nitrogens with two attached hydrogens (primary N) is 2. The van der Waals surface area contributed by atoms with Crippen molar-refractivity contribution in [3.8, 4) is 11.4 Å². The van der Waals surface area contributed by atoms with Crippen LogP contribution in [0.15, 0.2) is 42.9 Å². The van der Waals surface area contributed by atoms with Crippen LogP contribution in [0.5, 0.6) is 0 Å². The van der Waals surface area contributed by atoms with Crippen molar-refractivity contribution < 1.29 is 9.53 Å². The molecule has 1 amide bonds. The molecule has 1 saturated carbocycles. The van der Waals surface area contributed by atoms with E-state index in [1.54, 1.807) is 18.5 Å². The van der Waals surface area contributed by atoms with Gasteiger partial charge in [0, 0.05) is 54.5 Å². The van der Waals surface area contributed by atoms with Gasteiger partial charge in [-0.2, -0.15) is 0 Å². The van der Waals surface area contributed by atoms with Crippen LogP contribution in [0.4, 0.5) is 23.0 Å². The number of ether oxygens (including phenoxy) is 1. The summed E-state index contributed by atoms with van der Waals surface area (Å²) in [6, 6.07) is 7.90. The Bertz CT molecular complexity index is 1200. The van der Waals surface area contributed by atoms with E-state index >= 15 is 0 Å². The van der Waals surface area contributed by atoms with Crippen molar-refractivity contribution in [3.05, 3.63) is 48.5 Å². The summed E-state index contributed by atoms with van der Waals surface area (Å²) < 4.78 is 5.52. The third kappa shape index (κ3) is 5.52. The maximum absolute atomic E-state index is 12.2. The number of morpholine rings is 1. The van der Waals surface area contributed by atoms with Gasteiger partial charge < -0.3 is 31.7 Å². The Kier molecular flexibility index (Phi) is 7.19. The highest BCUT2D eigenvalue weighted by Crippen LogP contribution is 2.30. The molecule has 11 heteroatoms. The number of rotatable bonds is 7. The Labute approximate surface area is 209 Å².